The van der Waals surface area contributed by atoms with E-state index in [-0.39, 0.29) is 5.91 Å². The summed E-state index contributed by atoms with van der Waals surface area (Å²) < 4.78 is 0. The summed E-state index contributed by atoms with van der Waals surface area (Å²) in [6, 6.07) is 0. The van der Waals surface area contributed by atoms with Gasteiger partial charge in [-0.05, 0) is 12.2 Å². The summed E-state index contributed by atoms with van der Waals surface area (Å²) in [5.74, 6) is 0.813. The molecule has 4 heteroatoms. The minimum absolute atomic E-state index is 0.184. The summed E-state index contributed by atoms with van der Waals surface area (Å²) in [6.07, 6.45) is 5.13. The Bertz CT molecular complexity index is 223. The van der Waals surface area contributed by atoms with Crippen molar-refractivity contribution in [2.45, 2.75) is 26.2 Å². The number of carbonyl (C=O) groups is 1. The molecule has 0 aliphatic carbocycles. The Morgan fingerprint density at radius 1 is 1.50 bits per heavy atom. The van der Waals surface area contributed by atoms with Gasteiger partial charge in [0.2, 0.25) is 0 Å². The van der Waals surface area contributed by atoms with E-state index >= 15 is 0 Å². The van der Waals surface area contributed by atoms with Gasteiger partial charge in [0.05, 0.1) is 11.1 Å². The Kier molecular flexibility index (Phi) is 4.00. The van der Waals surface area contributed by atoms with Crippen molar-refractivity contribution in [3.8, 4) is 0 Å². The Balaban J connectivity index is 2.12. The molecule has 0 aromatic rings. The second kappa shape index (κ2) is 5.09. The number of nitrogens with zero attached hydrogens (tertiary/aromatic N) is 2. The molecule has 0 aromatic carbocycles. The molecule has 1 amide bonds. The van der Waals surface area contributed by atoms with Gasteiger partial charge in [0.15, 0.2) is 0 Å². The van der Waals surface area contributed by atoms with Crippen LogP contribution in [0.1, 0.15) is 26.2 Å². The highest BCUT2D eigenvalue weighted by atomic mass is 32.2. The summed E-state index contributed by atoms with van der Waals surface area (Å²) in [5.41, 5.74) is 0. The molecule has 0 spiro atoms. The molecule has 3 nitrogen and oxygen atoms in total. The summed E-state index contributed by atoms with van der Waals surface area (Å²) in [6.45, 7) is 2.16. The highest BCUT2D eigenvalue weighted by molar-refractivity contribution is 8.04. The average Bonchev–Trinajstić information content (AvgIpc) is 2.46. The van der Waals surface area contributed by atoms with Crippen LogP contribution < -0.4 is 0 Å². The summed E-state index contributed by atoms with van der Waals surface area (Å²) in [4.78, 5) is 11.6. The highest BCUT2D eigenvalue weighted by Crippen LogP contribution is 2.22. The monoisotopic (exact) mass is 184 g/mol. The molecule has 66 valence electrons. The minimum Gasteiger partial charge on any atom is -0.264 e. The van der Waals surface area contributed by atoms with Gasteiger partial charge in [-0.2, -0.15) is 5.11 Å². The van der Waals surface area contributed by atoms with E-state index in [1.165, 1.54) is 12.8 Å². The maximum Gasteiger partial charge on any atom is 0.303 e. The third-order valence-corrected chi connectivity index (χ3v) is 2.62. The van der Waals surface area contributed by atoms with Gasteiger partial charge in [-0.25, -0.2) is 0 Å². The van der Waals surface area contributed by atoms with Crippen LogP contribution in [0.25, 0.3) is 0 Å². The average molecular weight is 184 g/mol. The molecule has 1 rings (SSSR count). The molecule has 1 heterocycles. The van der Waals surface area contributed by atoms with Crippen LogP contribution in [0.3, 0.4) is 0 Å². The van der Waals surface area contributed by atoms with Crippen LogP contribution >= 0.6 is 11.8 Å². The zero-order valence-corrected chi connectivity index (χ0v) is 7.93. The van der Waals surface area contributed by atoms with Crippen molar-refractivity contribution in [2.24, 2.45) is 10.2 Å². The molecule has 0 bridgehead atoms. The van der Waals surface area contributed by atoms with E-state index in [2.05, 4.69) is 17.2 Å². The van der Waals surface area contributed by atoms with Crippen molar-refractivity contribution in [3.05, 3.63) is 11.1 Å². The third kappa shape index (κ3) is 2.77. The fourth-order valence-electron chi connectivity index (χ4n) is 0.871. The Hall–Kier alpha value is -0.640. The Morgan fingerprint density at radius 2 is 2.33 bits per heavy atom. The number of carbonyl (C=O) groups excluding carboxylic acids is 1. The topological polar surface area (TPSA) is 41.8 Å². The number of hydrogen-bond acceptors (Lipinski definition) is 3. The maximum absolute atomic E-state index is 10.9. The second-order valence-corrected chi connectivity index (χ2v) is 3.71. The van der Waals surface area contributed by atoms with Crippen molar-refractivity contribution in [2.75, 3.05) is 5.75 Å². The van der Waals surface area contributed by atoms with Crippen LogP contribution in [0.4, 0.5) is 0 Å². The van der Waals surface area contributed by atoms with Gasteiger partial charge in [0, 0.05) is 0 Å². The summed E-state index contributed by atoms with van der Waals surface area (Å²) in [7, 11) is 0. The fourth-order valence-corrected chi connectivity index (χ4v) is 1.73. The maximum atomic E-state index is 10.9. The van der Waals surface area contributed by atoms with Crippen molar-refractivity contribution < 1.29 is 4.79 Å². The van der Waals surface area contributed by atoms with Crippen LogP contribution in [0, 0.1) is 0 Å². The predicted molar refractivity (Wildman–Crippen MR) is 49.9 cm³/mol. The lowest BCUT2D eigenvalue weighted by molar-refractivity contribution is -0.113. The minimum atomic E-state index is -0.184. The van der Waals surface area contributed by atoms with Crippen LogP contribution in [0.2, 0.25) is 0 Å². The van der Waals surface area contributed by atoms with E-state index in [9.17, 15) is 4.79 Å². The van der Waals surface area contributed by atoms with E-state index in [0.29, 0.717) is 4.91 Å². The molecule has 0 unspecified atom stereocenters. The van der Waals surface area contributed by atoms with E-state index in [1.807, 2.05) is 0 Å². The van der Waals surface area contributed by atoms with Crippen LogP contribution in [-0.4, -0.2) is 11.7 Å². The highest BCUT2D eigenvalue weighted by Gasteiger charge is 2.12. The predicted octanol–water partition coefficient (Wildman–Crippen LogP) is 2.74. The second-order valence-electron chi connectivity index (χ2n) is 2.57. The number of unbranched alkanes of at least 4 members (excludes halogenated alkanes) is 2. The van der Waals surface area contributed by atoms with Gasteiger partial charge in [-0.1, -0.05) is 19.8 Å². The molecular formula is C8H12N2OS. The lowest BCUT2D eigenvalue weighted by atomic mass is 10.3. The first kappa shape index (κ1) is 9.45. The lowest BCUT2D eigenvalue weighted by Crippen LogP contribution is -1.91. The van der Waals surface area contributed by atoms with E-state index in [0.717, 1.165) is 12.2 Å². The normalized spacial score (nSPS) is 15.4. The number of hydrogen-bond donors (Lipinski definition) is 0. The molecule has 0 fully saturated rings. The molecule has 0 atom stereocenters. The van der Waals surface area contributed by atoms with Crippen molar-refractivity contribution in [1.82, 2.24) is 0 Å². The molecule has 0 radical (unpaired) electrons. The van der Waals surface area contributed by atoms with Crippen molar-refractivity contribution in [1.29, 1.82) is 0 Å². The number of azo groups is 1. The first-order valence-corrected chi connectivity index (χ1v) is 5.11. The van der Waals surface area contributed by atoms with Crippen LogP contribution in [-0.2, 0) is 4.79 Å². The standard InChI is InChI=1S/C8H12N2OS/c1-2-3-4-5-12-7-6-9-10-8(7)11/h6H,2-5H2,1H3. The molecule has 0 aromatic heterocycles. The molecule has 1 aliphatic heterocycles. The van der Waals surface area contributed by atoms with Gasteiger partial charge in [-0.3, -0.25) is 4.79 Å². The number of amides is 1. The smallest absolute Gasteiger partial charge is 0.264 e. The number of rotatable bonds is 5. The SMILES string of the molecule is CCCCCSC1=CN=NC1=O. The third-order valence-electron chi connectivity index (χ3n) is 1.54. The largest absolute Gasteiger partial charge is 0.303 e. The van der Waals surface area contributed by atoms with Crippen molar-refractivity contribution >= 4 is 17.7 Å². The number of thioether (sulfide) groups is 1. The lowest BCUT2D eigenvalue weighted by Gasteiger charge is -1.97. The van der Waals surface area contributed by atoms with Gasteiger partial charge >= 0.3 is 5.91 Å². The van der Waals surface area contributed by atoms with E-state index in [4.69, 9.17) is 0 Å². The van der Waals surface area contributed by atoms with Gasteiger partial charge in [0.25, 0.3) is 0 Å². The van der Waals surface area contributed by atoms with E-state index < -0.39 is 0 Å². The van der Waals surface area contributed by atoms with Gasteiger partial charge in [0.1, 0.15) is 0 Å². The molecule has 1 aliphatic rings. The summed E-state index contributed by atoms with van der Waals surface area (Å²) >= 11 is 1.56. The zero-order chi connectivity index (χ0) is 8.81. The van der Waals surface area contributed by atoms with Gasteiger partial charge < -0.3 is 0 Å². The molecule has 0 saturated carbocycles. The van der Waals surface area contributed by atoms with E-state index in [1.54, 1.807) is 18.0 Å². The fraction of sp³-hybridized carbons (Fsp3) is 0.625. The van der Waals surface area contributed by atoms with Crippen LogP contribution in [0.15, 0.2) is 21.3 Å². The van der Waals surface area contributed by atoms with Crippen molar-refractivity contribution in [3.63, 3.8) is 0 Å². The molecule has 0 N–H and O–H groups in total. The quantitative estimate of drug-likeness (QED) is 0.616. The molecular weight excluding hydrogens is 172 g/mol. The first-order chi connectivity index (χ1) is 5.84. The molecule has 12 heavy (non-hydrogen) atoms. The Labute approximate surface area is 76.3 Å². The molecule has 0 saturated heterocycles. The first-order valence-electron chi connectivity index (χ1n) is 4.12. The Morgan fingerprint density at radius 3 is 2.92 bits per heavy atom. The van der Waals surface area contributed by atoms with Crippen LogP contribution in [0.5, 0.6) is 0 Å². The van der Waals surface area contributed by atoms with Gasteiger partial charge in [-0.15, -0.1) is 16.9 Å². The summed E-state index contributed by atoms with van der Waals surface area (Å²) in [5, 5.41) is 6.93. The zero-order valence-electron chi connectivity index (χ0n) is 7.12.